The molecule has 0 amide bonds. The van der Waals surface area contributed by atoms with Gasteiger partial charge in [0.15, 0.2) is 0 Å². The first kappa shape index (κ1) is 11.8. The molecule has 1 N–H and O–H groups in total. The minimum Gasteiger partial charge on any atom is -0.388 e. The Hall–Kier alpha value is -0.980. The highest BCUT2D eigenvalue weighted by Gasteiger charge is 2.50. The summed E-state index contributed by atoms with van der Waals surface area (Å²) in [6.07, 6.45) is 10.5. The van der Waals surface area contributed by atoms with Crippen molar-refractivity contribution in [1.82, 2.24) is 0 Å². The van der Waals surface area contributed by atoms with Crippen LogP contribution in [0.1, 0.15) is 44.1 Å². The summed E-state index contributed by atoms with van der Waals surface area (Å²) in [5.74, 6) is 3.20. The Morgan fingerprint density at radius 1 is 1.05 bits per heavy atom. The average molecular weight is 255 g/mol. The van der Waals surface area contributed by atoms with Crippen LogP contribution in [0.4, 0.5) is 5.69 Å². The molecule has 4 aliphatic rings. The number of nitrogens with one attached hydrogen (secondary N) is 1. The van der Waals surface area contributed by atoms with Crippen LogP contribution in [0.3, 0.4) is 0 Å². The van der Waals surface area contributed by atoms with Gasteiger partial charge in [0.05, 0.1) is 0 Å². The van der Waals surface area contributed by atoms with E-state index in [9.17, 15) is 0 Å². The predicted molar refractivity (Wildman–Crippen MR) is 80.3 cm³/mol. The smallest absolute Gasteiger partial charge is 0.0340 e. The number of benzene rings is 1. The largest absolute Gasteiger partial charge is 0.388 e. The van der Waals surface area contributed by atoms with Gasteiger partial charge in [-0.3, -0.25) is 0 Å². The van der Waals surface area contributed by atoms with Crippen LogP contribution in [-0.4, -0.2) is 7.05 Å². The van der Waals surface area contributed by atoms with Crippen LogP contribution in [0.5, 0.6) is 0 Å². The van der Waals surface area contributed by atoms with Gasteiger partial charge in [-0.05, 0) is 85.8 Å². The molecule has 102 valence electrons. The Kier molecular flexibility index (Phi) is 2.65. The monoisotopic (exact) mass is 255 g/mol. The molecule has 0 heterocycles. The fourth-order valence-corrected chi connectivity index (χ4v) is 5.78. The van der Waals surface area contributed by atoms with Crippen LogP contribution < -0.4 is 5.32 Å². The lowest BCUT2D eigenvalue weighted by Gasteiger charge is -2.57. The van der Waals surface area contributed by atoms with E-state index in [1.807, 2.05) is 7.05 Å². The lowest BCUT2D eigenvalue weighted by atomic mass is 9.48. The molecule has 0 spiro atoms. The zero-order chi connectivity index (χ0) is 12.9. The van der Waals surface area contributed by atoms with E-state index in [0.29, 0.717) is 5.41 Å². The van der Waals surface area contributed by atoms with E-state index >= 15 is 0 Å². The molecule has 4 fully saturated rings. The number of hydrogen-bond donors (Lipinski definition) is 1. The molecule has 19 heavy (non-hydrogen) atoms. The van der Waals surface area contributed by atoms with Gasteiger partial charge in [0.2, 0.25) is 0 Å². The van der Waals surface area contributed by atoms with Crippen molar-refractivity contribution in [2.75, 3.05) is 12.4 Å². The van der Waals surface area contributed by atoms with Crippen LogP contribution >= 0.6 is 0 Å². The first-order valence-corrected chi connectivity index (χ1v) is 8.01. The highest BCUT2D eigenvalue weighted by molar-refractivity contribution is 5.45. The third-order valence-corrected chi connectivity index (χ3v) is 5.96. The molecule has 0 saturated heterocycles. The molecule has 4 bridgehead atoms. The molecule has 0 atom stereocenters. The van der Waals surface area contributed by atoms with Crippen LogP contribution in [0.25, 0.3) is 0 Å². The quantitative estimate of drug-likeness (QED) is 0.839. The molecule has 1 aromatic rings. The first-order chi connectivity index (χ1) is 9.25. The van der Waals surface area contributed by atoms with E-state index < -0.39 is 0 Å². The summed E-state index contributed by atoms with van der Waals surface area (Å²) in [7, 11) is 2.02. The predicted octanol–water partition coefficient (Wildman–Crippen LogP) is 4.49. The van der Waals surface area contributed by atoms with Gasteiger partial charge in [0, 0.05) is 12.7 Å². The first-order valence-electron chi connectivity index (χ1n) is 8.01. The number of rotatable bonds is 3. The van der Waals surface area contributed by atoms with Crippen molar-refractivity contribution in [3.63, 3.8) is 0 Å². The van der Waals surface area contributed by atoms with Crippen LogP contribution in [0.2, 0.25) is 0 Å². The third-order valence-electron chi connectivity index (χ3n) is 5.96. The van der Waals surface area contributed by atoms with Gasteiger partial charge in [0.25, 0.3) is 0 Å². The minimum atomic E-state index is 0.668. The summed E-state index contributed by atoms with van der Waals surface area (Å²) >= 11 is 0. The minimum absolute atomic E-state index is 0.668. The molecule has 0 radical (unpaired) electrons. The van der Waals surface area contributed by atoms with Crippen LogP contribution in [0.15, 0.2) is 24.3 Å². The molecule has 0 unspecified atom stereocenters. The second-order valence-electron chi connectivity index (χ2n) is 7.54. The Balaban J connectivity index is 1.58. The van der Waals surface area contributed by atoms with Gasteiger partial charge in [0.1, 0.15) is 0 Å². The fraction of sp³-hybridized carbons (Fsp3) is 0.667. The van der Waals surface area contributed by atoms with Gasteiger partial charge in [-0.1, -0.05) is 12.1 Å². The fourth-order valence-electron chi connectivity index (χ4n) is 5.78. The molecule has 1 nitrogen and oxygen atoms in total. The average Bonchev–Trinajstić information content (AvgIpc) is 2.36. The maximum atomic E-state index is 3.28. The van der Waals surface area contributed by atoms with Crippen molar-refractivity contribution in [3.8, 4) is 0 Å². The second-order valence-corrected chi connectivity index (χ2v) is 7.54. The van der Waals surface area contributed by atoms with E-state index in [4.69, 9.17) is 0 Å². The molecule has 4 aliphatic carbocycles. The topological polar surface area (TPSA) is 12.0 Å². The van der Waals surface area contributed by atoms with Crippen molar-refractivity contribution in [1.29, 1.82) is 0 Å². The Morgan fingerprint density at radius 3 is 2.26 bits per heavy atom. The van der Waals surface area contributed by atoms with Crippen molar-refractivity contribution in [2.24, 2.45) is 23.2 Å². The van der Waals surface area contributed by atoms with E-state index in [-0.39, 0.29) is 0 Å². The molecular weight excluding hydrogens is 230 g/mol. The van der Waals surface area contributed by atoms with E-state index in [1.165, 1.54) is 31.4 Å². The van der Waals surface area contributed by atoms with E-state index in [2.05, 4.69) is 29.6 Å². The van der Waals surface area contributed by atoms with Crippen molar-refractivity contribution in [2.45, 2.75) is 44.9 Å². The lowest BCUT2D eigenvalue weighted by Crippen LogP contribution is -2.47. The van der Waals surface area contributed by atoms with Gasteiger partial charge in [-0.2, -0.15) is 0 Å². The Bertz CT molecular complexity index is 441. The number of anilines is 1. The molecule has 0 aliphatic heterocycles. The normalized spacial score (nSPS) is 39.5. The van der Waals surface area contributed by atoms with Crippen molar-refractivity contribution in [3.05, 3.63) is 29.8 Å². The molecule has 5 rings (SSSR count). The summed E-state index contributed by atoms with van der Waals surface area (Å²) in [5, 5.41) is 3.28. The Labute approximate surface area is 116 Å². The zero-order valence-corrected chi connectivity index (χ0v) is 12.0. The summed E-state index contributed by atoms with van der Waals surface area (Å²) < 4.78 is 0. The summed E-state index contributed by atoms with van der Waals surface area (Å²) in [6.45, 7) is 0. The maximum absolute atomic E-state index is 3.28. The van der Waals surface area contributed by atoms with Crippen LogP contribution in [-0.2, 0) is 6.42 Å². The summed E-state index contributed by atoms with van der Waals surface area (Å²) in [6, 6.07) is 9.07. The van der Waals surface area contributed by atoms with Gasteiger partial charge < -0.3 is 5.32 Å². The summed E-state index contributed by atoms with van der Waals surface area (Å²) in [4.78, 5) is 0. The Morgan fingerprint density at radius 2 is 1.68 bits per heavy atom. The van der Waals surface area contributed by atoms with Gasteiger partial charge >= 0.3 is 0 Å². The maximum Gasteiger partial charge on any atom is 0.0340 e. The van der Waals surface area contributed by atoms with Crippen molar-refractivity contribution >= 4 is 5.69 Å². The summed E-state index contributed by atoms with van der Waals surface area (Å²) in [5.41, 5.74) is 3.48. The number of hydrogen-bond acceptors (Lipinski definition) is 1. The zero-order valence-electron chi connectivity index (χ0n) is 12.0. The standard InChI is InChI=1S/C18H25N/c1-19-17-4-2-3-13(8-17)9-18-10-14-5-15(11-18)7-16(6-14)12-18/h2-4,8,14-16,19H,5-7,9-12H2,1H3. The van der Waals surface area contributed by atoms with Crippen LogP contribution in [0, 0.1) is 23.2 Å². The lowest BCUT2D eigenvalue weighted by molar-refractivity contribution is -0.0521. The third kappa shape index (κ3) is 2.07. The molecule has 1 heteroatoms. The van der Waals surface area contributed by atoms with Gasteiger partial charge in [-0.25, -0.2) is 0 Å². The highest BCUT2D eigenvalue weighted by Crippen LogP contribution is 2.61. The molecule has 4 saturated carbocycles. The van der Waals surface area contributed by atoms with Crippen molar-refractivity contribution < 1.29 is 0 Å². The SMILES string of the molecule is CNc1cccc(CC23CC4CC(CC(C4)C2)C3)c1. The van der Waals surface area contributed by atoms with E-state index in [1.54, 1.807) is 24.8 Å². The molecular formula is C18H25N. The second kappa shape index (κ2) is 4.26. The molecule has 1 aromatic carbocycles. The molecule has 0 aromatic heterocycles. The van der Waals surface area contributed by atoms with E-state index in [0.717, 1.165) is 17.8 Å². The highest BCUT2D eigenvalue weighted by atomic mass is 14.8. The van der Waals surface area contributed by atoms with Gasteiger partial charge in [-0.15, -0.1) is 0 Å².